The van der Waals surface area contributed by atoms with Crippen molar-refractivity contribution in [2.24, 2.45) is 0 Å². The third-order valence-electron chi connectivity index (χ3n) is 1.28. The summed E-state index contributed by atoms with van der Waals surface area (Å²) in [5, 5.41) is 0. The summed E-state index contributed by atoms with van der Waals surface area (Å²) in [5.74, 6) is 0. The molecule has 1 nitrogen and oxygen atoms in total. The molecule has 0 amide bonds. The fraction of sp³-hybridized carbons (Fsp3) is 0.750. The van der Waals surface area contributed by atoms with Crippen LogP contribution in [-0.2, 0) is 4.74 Å². The van der Waals surface area contributed by atoms with Crippen molar-refractivity contribution in [1.82, 2.24) is 0 Å². The number of alkyl halides is 2. The monoisotopic (exact) mass is 164 g/mol. The molecule has 0 aromatic carbocycles. The van der Waals surface area contributed by atoms with Gasteiger partial charge >= 0.3 is 6.11 Å². The summed E-state index contributed by atoms with van der Waals surface area (Å²) >= 11 is 0. The van der Waals surface area contributed by atoms with E-state index in [9.17, 15) is 8.78 Å². The summed E-state index contributed by atoms with van der Waals surface area (Å²) < 4.78 is 28.7. The normalized spacial score (nSPS) is 11.5. The molecule has 0 fully saturated rings. The van der Waals surface area contributed by atoms with E-state index < -0.39 is 6.11 Å². The maximum absolute atomic E-state index is 12.2. The molecule has 0 unspecified atom stereocenters. The van der Waals surface area contributed by atoms with Crippen LogP contribution in [0, 0.1) is 0 Å². The highest BCUT2D eigenvalue weighted by molar-refractivity contribution is 4.77. The Bertz CT molecular complexity index is 113. The van der Waals surface area contributed by atoms with Crippen molar-refractivity contribution in [3.63, 3.8) is 0 Å². The third kappa shape index (κ3) is 5.98. The smallest absolute Gasteiger partial charge is 0.317 e. The highest BCUT2D eigenvalue weighted by Crippen LogP contribution is 2.16. The summed E-state index contributed by atoms with van der Waals surface area (Å²) in [4.78, 5) is 0. The summed E-state index contributed by atoms with van der Waals surface area (Å²) in [6.07, 6.45) is -0.0249. The van der Waals surface area contributed by atoms with Crippen LogP contribution in [0.3, 0.4) is 0 Å². The molecule has 0 atom stereocenters. The maximum atomic E-state index is 12.2. The predicted octanol–water partition coefficient (Wildman–Crippen LogP) is 2.97. The molecule has 11 heavy (non-hydrogen) atoms. The van der Waals surface area contributed by atoms with Gasteiger partial charge in [-0.1, -0.05) is 26.3 Å². The Kier molecular flexibility index (Phi) is 5.03. The molecule has 0 aromatic heterocycles. The van der Waals surface area contributed by atoms with Crippen LogP contribution in [0.4, 0.5) is 8.78 Å². The van der Waals surface area contributed by atoms with Crippen LogP contribution in [0.1, 0.15) is 26.2 Å². The van der Waals surface area contributed by atoms with E-state index in [1.807, 2.05) is 6.92 Å². The third-order valence-corrected chi connectivity index (χ3v) is 1.28. The van der Waals surface area contributed by atoms with Crippen molar-refractivity contribution >= 4 is 0 Å². The van der Waals surface area contributed by atoms with Gasteiger partial charge in [-0.25, -0.2) is 0 Å². The highest BCUT2D eigenvalue weighted by Gasteiger charge is 2.23. The lowest BCUT2D eigenvalue weighted by molar-refractivity contribution is -0.200. The van der Waals surface area contributed by atoms with Crippen LogP contribution in [0.25, 0.3) is 0 Å². The number of hydrogen-bond acceptors (Lipinski definition) is 1. The number of hydrogen-bond donors (Lipinski definition) is 0. The second kappa shape index (κ2) is 5.24. The molecule has 0 heterocycles. The molecule has 66 valence electrons. The van der Waals surface area contributed by atoms with E-state index in [1.165, 1.54) is 0 Å². The zero-order valence-electron chi connectivity index (χ0n) is 6.78. The van der Waals surface area contributed by atoms with Gasteiger partial charge < -0.3 is 4.74 Å². The quantitative estimate of drug-likeness (QED) is 0.433. The number of rotatable bonds is 6. The van der Waals surface area contributed by atoms with E-state index in [0.717, 1.165) is 12.8 Å². The minimum absolute atomic E-state index is 0.104. The van der Waals surface area contributed by atoms with Crippen LogP contribution in [0.15, 0.2) is 12.7 Å². The van der Waals surface area contributed by atoms with Crippen molar-refractivity contribution in [3.05, 3.63) is 12.7 Å². The first kappa shape index (κ1) is 10.6. The maximum Gasteiger partial charge on any atom is 0.376 e. The van der Waals surface area contributed by atoms with Gasteiger partial charge in [-0.05, 0) is 6.42 Å². The summed E-state index contributed by atoms with van der Waals surface area (Å²) in [7, 11) is 0. The standard InChI is InChI=1S/C8H14F2O/c1-3-5-6-7-11-8(9,10)4-2/h4H,2-3,5-7H2,1H3. The highest BCUT2D eigenvalue weighted by atomic mass is 19.3. The van der Waals surface area contributed by atoms with Gasteiger partial charge in [0.1, 0.15) is 0 Å². The summed E-state index contributed by atoms with van der Waals surface area (Å²) in [5.41, 5.74) is 0. The molecule has 0 N–H and O–H groups in total. The van der Waals surface area contributed by atoms with E-state index in [-0.39, 0.29) is 6.61 Å². The molecule has 0 bridgehead atoms. The van der Waals surface area contributed by atoms with Crippen molar-refractivity contribution in [2.45, 2.75) is 32.3 Å². The Labute approximate surface area is 66.0 Å². The lowest BCUT2D eigenvalue weighted by Crippen LogP contribution is -2.17. The van der Waals surface area contributed by atoms with Crippen LogP contribution < -0.4 is 0 Å². The van der Waals surface area contributed by atoms with Crippen LogP contribution in [0.5, 0.6) is 0 Å². The molecular formula is C8H14F2O. The van der Waals surface area contributed by atoms with Crippen molar-refractivity contribution in [2.75, 3.05) is 6.61 Å². The van der Waals surface area contributed by atoms with Crippen LogP contribution in [0.2, 0.25) is 0 Å². The first-order chi connectivity index (χ1) is 5.12. The first-order valence-electron chi connectivity index (χ1n) is 3.77. The largest absolute Gasteiger partial charge is 0.376 e. The molecular weight excluding hydrogens is 150 g/mol. The van der Waals surface area contributed by atoms with Gasteiger partial charge in [-0.2, -0.15) is 8.78 Å². The molecule has 0 rings (SSSR count). The molecule has 0 radical (unpaired) electrons. The zero-order chi connectivity index (χ0) is 8.74. The molecule has 0 saturated heterocycles. The molecule has 0 aliphatic heterocycles. The molecule has 0 aromatic rings. The summed E-state index contributed by atoms with van der Waals surface area (Å²) in [6, 6.07) is 0. The SMILES string of the molecule is C=CC(F)(F)OCCCCC. The minimum atomic E-state index is -3.15. The van der Waals surface area contributed by atoms with Gasteiger partial charge in [-0.15, -0.1) is 0 Å². The Morgan fingerprint density at radius 3 is 2.55 bits per heavy atom. The fourth-order valence-electron chi connectivity index (χ4n) is 0.619. The van der Waals surface area contributed by atoms with E-state index in [2.05, 4.69) is 11.3 Å². The average molecular weight is 164 g/mol. The van der Waals surface area contributed by atoms with E-state index in [1.54, 1.807) is 0 Å². The second-order valence-corrected chi connectivity index (χ2v) is 2.32. The number of unbranched alkanes of at least 4 members (excludes halogenated alkanes) is 2. The van der Waals surface area contributed by atoms with Crippen LogP contribution >= 0.6 is 0 Å². The lowest BCUT2D eigenvalue weighted by atomic mass is 10.3. The fourth-order valence-corrected chi connectivity index (χ4v) is 0.619. The minimum Gasteiger partial charge on any atom is -0.317 e. The first-order valence-corrected chi connectivity index (χ1v) is 3.77. The van der Waals surface area contributed by atoms with Gasteiger partial charge in [0.2, 0.25) is 0 Å². The number of ether oxygens (including phenoxy) is 1. The van der Waals surface area contributed by atoms with Gasteiger partial charge in [0, 0.05) is 6.08 Å². The van der Waals surface area contributed by atoms with Crippen molar-refractivity contribution in [3.8, 4) is 0 Å². The van der Waals surface area contributed by atoms with Crippen LogP contribution in [-0.4, -0.2) is 12.7 Å². The average Bonchev–Trinajstić information content (AvgIpc) is 1.99. The van der Waals surface area contributed by atoms with E-state index in [0.29, 0.717) is 12.5 Å². The molecule has 3 heteroatoms. The lowest BCUT2D eigenvalue weighted by Gasteiger charge is -2.11. The molecule has 0 saturated carbocycles. The van der Waals surface area contributed by atoms with Gasteiger partial charge in [0.15, 0.2) is 0 Å². The number of halogens is 2. The van der Waals surface area contributed by atoms with E-state index in [4.69, 9.17) is 0 Å². The Morgan fingerprint density at radius 1 is 1.45 bits per heavy atom. The summed E-state index contributed by atoms with van der Waals surface area (Å²) in [6.45, 7) is 5.07. The Morgan fingerprint density at radius 2 is 2.09 bits per heavy atom. The van der Waals surface area contributed by atoms with Gasteiger partial charge in [0.05, 0.1) is 6.61 Å². The Balaban J connectivity index is 3.30. The molecule has 0 aliphatic carbocycles. The second-order valence-electron chi connectivity index (χ2n) is 2.32. The zero-order valence-corrected chi connectivity index (χ0v) is 6.78. The predicted molar refractivity (Wildman–Crippen MR) is 40.6 cm³/mol. The topological polar surface area (TPSA) is 9.23 Å². The van der Waals surface area contributed by atoms with Gasteiger partial charge in [-0.3, -0.25) is 0 Å². The molecule has 0 spiro atoms. The van der Waals surface area contributed by atoms with Crippen molar-refractivity contribution < 1.29 is 13.5 Å². The Hall–Kier alpha value is -0.440. The molecule has 0 aliphatic rings. The van der Waals surface area contributed by atoms with Crippen molar-refractivity contribution in [1.29, 1.82) is 0 Å². The van der Waals surface area contributed by atoms with E-state index >= 15 is 0 Å². The van der Waals surface area contributed by atoms with Gasteiger partial charge in [0.25, 0.3) is 0 Å².